The summed E-state index contributed by atoms with van der Waals surface area (Å²) < 4.78 is 0. The number of nitrogens with two attached hydrogens (primary N) is 1. The molecule has 1 aliphatic rings. The summed E-state index contributed by atoms with van der Waals surface area (Å²) in [5.41, 5.74) is 8.57. The van der Waals surface area contributed by atoms with Gasteiger partial charge in [0, 0.05) is 24.4 Å². The van der Waals surface area contributed by atoms with Gasteiger partial charge in [0.2, 0.25) is 0 Å². The number of nitrogen functional groups attached to an aromatic ring is 1. The van der Waals surface area contributed by atoms with Crippen LogP contribution in [-0.2, 0) is 6.42 Å². The Morgan fingerprint density at radius 1 is 1.50 bits per heavy atom. The lowest BCUT2D eigenvalue weighted by atomic mass is 10.3. The molecule has 4 N–H and O–H groups in total. The van der Waals surface area contributed by atoms with E-state index < -0.39 is 0 Å². The van der Waals surface area contributed by atoms with Crippen LogP contribution < -0.4 is 16.4 Å². The van der Waals surface area contributed by atoms with Gasteiger partial charge in [0.15, 0.2) is 5.13 Å². The van der Waals surface area contributed by atoms with Crippen LogP contribution in [0, 0.1) is 0 Å². The average molecular weight is 309 g/mol. The Bertz CT molecular complexity index is 591. The second-order valence-corrected chi connectivity index (χ2v) is 6.36. The highest BCUT2D eigenvalue weighted by atomic mass is 32.1. The fourth-order valence-corrected chi connectivity index (χ4v) is 3.17. The van der Waals surface area contributed by atoms with Gasteiger partial charge in [0.1, 0.15) is 10.7 Å². The highest BCUT2D eigenvalue weighted by Gasteiger charge is 2.24. The third-order valence-corrected chi connectivity index (χ3v) is 4.55. The van der Waals surface area contributed by atoms with Crippen LogP contribution in [0.2, 0.25) is 0 Å². The summed E-state index contributed by atoms with van der Waals surface area (Å²) >= 11 is 2.86. The van der Waals surface area contributed by atoms with Gasteiger partial charge in [-0.2, -0.15) is 0 Å². The molecule has 3 rings (SSSR count). The average Bonchev–Trinajstić information content (AvgIpc) is 2.94. The van der Waals surface area contributed by atoms with Crippen molar-refractivity contribution in [2.24, 2.45) is 0 Å². The molecule has 6 nitrogen and oxygen atoms in total. The van der Waals surface area contributed by atoms with Crippen LogP contribution in [0.3, 0.4) is 0 Å². The van der Waals surface area contributed by atoms with Crippen LogP contribution in [0.15, 0.2) is 10.9 Å². The van der Waals surface area contributed by atoms with Gasteiger partial charge < -0.3 is 16.4 Å². The predicted molar refractivity (Wildman–Crippen MR) is 81.3 cm³/mol. The molecular formula is C12H15N5OS2. The summed E-state index contributed by atoms with van der Waals surface area (Å²) in [6.07, 6.45) is 3.05. The smallest absolute Gasteiger partial charge is 0.265 e. The van der Waals surface area contributed by atoms with Crippen LogP contribution in [0.25, 0.3) is 0 Å². The SMILES string of the molecule is Nc1nc(NC2CC2)sc1C(=O)NCCc1cscn1. The molecule has 2 aromatic heterocycles. The number of hydrogen-bond donors (Lipinski definition) is 3. The zero-order valence-corrected chi connectivity index (χ0v) is 12.4. The molecule has 2 aromatic rings. The number of thiazole rings is 2. The van der Waals surface area contributed by atoms with E-state index in [1.54, 1.807) is 16.8 Å². The zero-order chi connectivity index (χ0) is 13.9. The molecule has 0 unspecified atom stereocenters. The van der Waals surface area contributed by atoms with E-state index in [4.69, 9.17) is 5.73 Å². The van der Waals surface area contributed by atoms with Crippen LogP contribution in [0.4, 0.5) is 10.9 Å². The Morgan fingerprint density at radius 2 is 2.35 bits per heavy atom. The molecule has 0 radical (unpaired) electrons. The van der Waals surface area contributed by atoms with Gasteiger partial charge in [-0.1, -0.05) is 11.3 Å². The number of hydrogen-bond acceptors (Lipinski definition) is 7. The molecule has 0 bridgehead atoms. The van der Waals surface area contributed by atoms with Gasteiger partial charge in [0.05, 0.1) is 11.2 Å². The van der Waals surface area contributed by atoms with Crippen molar-refractivity contribution >= 4 is 39.5 Å². The van der Waals surface area contributed by atoms with Gasteiger partial charge in [-0.05, 0) is 12.8 Å². The second kappa shape index (κ2) is 5.76. The maximum Gasteiger partial charge on any atom is 0.265 e. The lowest BCUT2D eigenvalue weighted by molar-refractivity contribution is 0.0959. The molecular weight excluding hydrogens is 294 g/mol. The van der Waals surface area contributed by atoms with Crippen molar-refractivity contribution in [2.75, 3.05) is 17.6 Å². The molecule has 8 heteroatoms. The largest absolute Gasteiger partial charge is 0.382 e. The molecule has 20 heavy (non-hydrogen) atoms. The van der Waals surface area contributed by atoms with E-state index in [1.807, 2.05) is 5.38 Å². The molecule has 0 aliphatic heterocycles. The lowest BCUT2D eigenvalue weighted by Crippen LogP contribution is -2.25. The minimum absolute atomic E-state index is 0.168. The first-order valence-corrected chi connectivity index (χ1v) is 8.16. The van der Waals surface area contributed by atoms with Crippen molar-refractivity contribution in [3.05, 3.63) is 21.5 Å². The lowest BCUT2D eigenvalue weighted by Gasteiger charge is -2.02. The van der Waals surface area contributed by atoms with Crippen molar-refractivity contribution in [2.45, 2.75) is 25.3 Å². The minimum atomic E-state index is -0.168. The highest BCUT2D eigenvalue weighted by Crippen LogP contribution is 2.30. The summed E-state index contributed by atoms with van der Waals surface area (Å²) in [7, 11) is 0. The first kappa shape index (κ1) is 13.3. The van der Waals surface area contributed by atoms with Gasteiger partial charge in [0.25, 0.3) is 5.91 Å². The van der Waals surface area contributed by atoms with Crippen LogP contribution in [-0.4, -0.2) is 28.5 Å². The van der Waals surface area contributed by atoms with E-state index in [-0.39, 0.29) is 5.91 Å². The molecule has 1 amide bonds. The monoisotopic (exact) mass is 309 g/mol. The summed E-state index contributed by atoms with van der Waals surface area (Å²) in [5, 5.41) is 8.81. The number of nitrogens with one attached hydrogen (secondary N) is 2. The second-order valence-electron chi connectivity index (χ2n) is 4.64. The van der Waals surface area contributed by atoms with Gasteiger partial charge >= 0.3 is 0 Å². The third-order valence-electron chi connectivity index (χ3n) is 2.91. The van der Waals surface area contributed by atoms with E-state index in [0.29, 0.717) is 23.3 Å². The number of anilines is 2. The maximum atomic E-state index is 12.0. The van der Waals surface area contributed by atoms with E-state index in [0.717, 1.165) is 30.1 Å². The van der Waals surface area contributed by atoms with Crippen molar-refractivity contribution < 1.29 is 4.79 Å². The summed E-state index contributed by atoms with van der Waals surface area (Å²) in [4.78, 5) is 20.9. The number of rotatable bonds is 6. The summed E-state index contributed by atoms with van der Waals surface area (Å²) in [5.74, 6) is 0.128. The number of carbonyl (C=O) groups is 1. The number of aromatic nitrogens is 2. The first-order chi connectivity index (χ1) is 9.72. The Hall–Kier alpha value is -1.67. The standard InChI is InChI=1S/C12H15N5OS2/c13-10-9(20-12(17-10)16-7-1-2-7)11(18)14-4-3-8-5-19-6-15-8/h5-7H,1-4,13H2,(H,14,18)(H,16,17). The first-order valence-electron chi connectivity index (χ1n) is 6.40. The van der Waals surface area contributed by atoms with E-state index in [2.05, 4.69) is 20.6 Å². The van der Waals surface area contributed by atoms with Crippen LogP contribution in [0.5, 0.6) is 0 Å². The number of carbonyl (C=O) groups excluding carboxylic acids is 1. The quantitative estimate of drug-likeness (QED) is 0.755. The molecule has 1 fully saturated rings. The molecule has 0 saturated heterocycles. The fourth-order valence-electron chi connectivity index (χ4n) is 1.70. The normalized spacial score (nSPS) is 14.2. The number of nitrogens with zero attached hydrogens (tertiary/aromatic N) is 2. The Balaban J connectivity index is 1.54. The molecule has 0 atom stereocenters. The summed E-state index contributed by atoms with van der Waals surface area (Å²) in [6, 6.07) is 0.501. The van der Waals surface area contributed by atoms with Crippen LogP contribution in [0.1, 0.15) is 28.2 Å². The molecule has 0 aromatic carbocycles. The Kier molecular flexibility index (Phi) is 3.83. The fraction of sp³-hybridized carbons (Fsp3) is 0.417. The molecule has 1 saturated carbocycles. The van der Waals surface area contributed by atoms with Crippen LogP contribution >= 0.6 is 22.7 Å². The minimum Gasteiger partial charge on any atom is -0.382 e. The van der Waals surface area contributed by atoms with Crippen molar-refractivity contribution in [3.8, 4) is 0 Å². The van der Waals surface area contributed by atoms with Crippen molar-refractivity contribution in [1.82, 2.24) is 15.3 Å². The van der Waals surface area contributed by atoms with Gasteiger partial charge in [-0.25, -0.2) is 9.97 Å². The Morgan fingerprint density at radius 3 is 3.05 bits per heavy atom. The highest BCUT2D eigenvalue weighted by molar-refractivity contribution is 7.18. The molecule has 106 valence electrons. The summed E-state index contributed by atoms with van der Waals surface area (Å²) in [6.45, 7) is 0.547. The maximum absolute atomic E-state index is 12.0. The predicted octanol–water partition coefficient (Wildman–Crippen LogP) is 1.73. The molecule has 1 aliphatic carbocycles. The van der Waals surface area contributed by atoms with E-state index in [1.165, 1.54) is 11.3 Å². The van der Waals surface area contributed by atoms with Crippen molar-refractivity contribution in [3.63, 3.8) is 0 Å². The number of amides is 1. The molecule has 2 heterocycles. The zero-order valence-electron chi connectivity index (χ0n) is 10.8. The third kappa shape index (κ3) is 3.26. The van der Waals surface area contributed by atoms with Gasteiger partial charge in [-0.15, -0.1) is 11.3 Å². The van der Waals surface area contributed by atoms with Gasteiger partial charge in [-0.3, -0.25) is 4.79 Å². The topological polar surface area (TPSA) is 92.9 Å². The molecule has 0 spiro atoms. The van der Waals surface area contributed by atoms with Crippen molar-refractivity contribution in [1.29, 1.82) is 0 Å². The Labute approximate surface area is 124 Å². The van der Waals surface area contributed by atoms with E-state index >= 15 is 0 Å². The van der Waals surface area contributed by atoms with E-state index in [9.17, 15) is 4.79 Å².